The number of anilines is 1. The minimum Gasteiger partial charge on any atom is -1.00 e. The van der Waals surface area contributed by atoms with Gasteiger partial charge in [0.05, 0.1) is 5.02 Å². The van der Waals surface area contributed by atoms with Crippen molar-refractivity contribution in [2.45, 2.75) is 30.3 Å². The van der Waals surface area contributed by atoms with Crippen molar-refractivity contribution in [2.24, 2.45) is 0 Å². The molecule has 4 rings (SSSR count). The van der Waals surface area contributed by atoms with Gasteiger partial charge < -0.3 is 17.7 Å². The van der Waals surface area contributed by atoms with Crippen molar-refractivity contribution in [1.82, 2.24) is 10.2 Å². The van der Waals surface area contributed by atoms with Crippen LogP contribution >= 0.6 is 23.2 Å². The first-order valence-electron chi connectivity index (χ1n) is 11.0. The number of piperidine rings is 1. The van der Waals surface area contributed by atoms with E-state index >= 15 is 0 Å². The zero-order valence-electron chi connectivity index (χ0n) is 18.8. The van der Waals surface area contributed by atoms with Crippen LogP contribution in [-0.2, 0) is 16.6 Å². The van der Waals surface area contributed by atoms with Crippen LogP contribution in [0.2, 0.25) is 10.0 Å². The summed E-state index contributed by atoms with van der Waals surface area (Å²) in [5.41, 5.74) is 1.86. The topological polar surface area (TPSA) is 78.5 Å². The number of carbonyl (C=O) groups excluding carboxylic acids is 1. The Labute approximate surface area is 222 Å². The van der Waals surface area contributed by atoms with E-state index < -0.39 is 10.0 Å². The summed E-state index contributed by atoms with van der Waals surface area (Å²) in [5, 5.41) is 3.56. The highest BCUT2D eigenvalue weighted by molar-refractivity contribution is 7.92. The van der Waals surface area contributed by atoms with Gasteiger partial charge in [-0.2, -0.15) is 0 Å². The number of nitrogens with zero attached hydrogens (tertiary/aromatic N) is 1. The van der Waals surface area contributed by atoms with Crippen LogP contribution in [0.15, 0.2) is 77.7 Å². The smallest absolute Gasteiger partial charge is 0.263 e. The Morgan fingerprint density at radius 2 is 1.60 bits per heavy atom. The average Bonchev–Trinajstić information content (AvgIpc) is 2.82. The zero-order valence-corrected chi connectivity index (χ0v) is 21.8. The summed E-state index contributed by atoms with van der Waals surface area (Å²) < 4.78 is 28.3. The molecular formula is C25H25Cl3N3O3S-. The standard InChI is InChI=1S/C25H25Cl2N3O3S.ClH/c26-20-7-9-22(10-8-20)29-34(32,33)24-16-19(6-11-23(24)27)25(31)28-21-12-14-30(15-13-21)17-18-4-2-1-3-5-18;/h1-11,16,21,29H,12-15,17H2,(H,28,31);1H/p-1. The average molecular weight is 554 g/mol. The molecule has 1 saturated heterocycles. The minimum absolute atomic E-state index is 0. The summed E-state index contributed by atoms with van der Waals surface area (Å²) in [6.07, 6.45) is 1.66. The molecule has 0 radical (unpaired) electrons. The third kappa shape index (κ3) is 7.35. The summed E-state index contributed by atoms with van der Waals surface area (Å²) in [6.45, 7) is 2.65. The number of likely N-dealkylation sites (tertiary alicyclic amines) is 1. The van der Waals surface area contributed by atoms with Crippen molar-refractivity contribution >= 4 is 44.8 Å². The second-order valence-electron chi connectivity index (χ2n) is 8.27. The Bertz CT molecular complexity index is 1250. The van der Waals surface area contributed by atoms with Crippen molar-refractivity contribution in [2.75, 3.05) is 17.8 Å². The fourth-order valence-corrected chi connectivity index (χ4v) is 5.64. The summed E-state index contributed by atoms with van der Waals surface area (Å²) in [6, 6.07) is 20.9. The van der Waals surface area contributed by atoms with Gasteiger partial charge in [-0.25, -0.2) is 8.42 Å². The molecule has 0 aromatic heterocycles. The molecule has 6 nitrogen and oxygen atoms in total. The van der Waals surface area contributed by atoms with Crippen molar-refractivity contribution in [1.29, 1.82) is 0 Å². The van der Waals surface area contributed by atoms with Crippen molar-refractivity contribution in [3.05, 3.63) is 94.0 Å². The van der Waals surface area contributed by atoms with Crippen LogP contribution in [0, 0.1) is 0 Å². The van der Waals surface area contributed by atoms with Crippen molar-refractivity contribution < 1.29 is 25.6 Å². The third-order valence-electron chi connectivity index (χ3n) is 5.75. The maximum atomic E-state index is 12.9. The third-order valence-corrected chi connectivity index (χ3v) is 7.87. The number of benzene rings is 3. The fourth-order valence-electron chi connectivity index (χ4n) is 3.92. The Hall–Kier alpha value is -2.29. The van der Waals surface area contributed by atoms with Gasteiger partial charge in [0.1, 0.15) is 4.90 Å². The lowest BCUT2D eigenvalue weighted by molar-refractivity contribution is -0.0000180. The number of halogens is 3. The van der Waals surface area contributed by atoms with E-state index in [4.69, 9.17) is 23.2 Å². The van der Waals surface area contributed by atoms with Gasteiger partial charge in [0, 0.05) is 41.9 Å². The van der Waals surface area contributed by atoms with Gasteiger partial charge in [0.2, 0.25) is 0 Å². The lowest BCUT2D eigenvalue weighted by atomic mass is 10.0. The minimum atomic E-state index is -3.99. The molecule has 0 aliphatic carbocycles. The van der Waals surface area contributed by atoms with Gasteiger partial charge >= 0.3 is 0 Å². The van der Waals surface area contributed by atoms with Crippen LogP contribution in [0.3, 0.4) is 0 Å². The monoisotopic (exact) mass is 552 g/mol. The molecule has 186 valence electrons. The van der Waals surface area contributed by atoms with Crippen LogP contribution < -0.4 is 22.4 Å². The Balaban J connectivity index is 0.00000342. The number of hydrogen-bond acceptors (Lipinski definition) is 4. The van der Waals surface area contributed by atoms with Crippen LogP contribution in [0.25, 0.3) is 0 Å². The summed E-state index contributed by atoms with van der Waals surface area (Å²) in [4.78, 5) is 15.1. The molecule has 0 unspecified atom stereocenters. The second kappa shape index (κ2) is 12.1. The summed E-state index contributed by atoms with van der Waals surface area (Å²) in [7, 11) is -3.99. The van der Waals surface area contributed by atoms with Gasteiger partial charge in [-0.3, -0.25) is 14.4 Å². The maximum absolute atomic E-state index is 12.9. The van der Waals surface area contributed by atoms with E-state index in [-0.39, 0.29) is 39.8 Å². The van der Waals surface area contributed by atoms with Gasteiger partial charge in [-0.1, -0.05) is 53.5 Å². The van der Waals surface area contributed by atoms with Crippen LogP contribution in [0.1, 0.15) is 28.8 Å². The highest BCUT2D eigenvalue weighted by atomic mass is 35.5. The molecule has 1 amide bonds. The first-order chi connectivity index (χ1) is 16.3. The molecule has 3 aromatic rings. The number of carbonyl (C=O) groups is 1. The van der Waals surface area contributed by atoms with Gasteiger partial charge in [-0.15, -0.1) is 0 Å². The SMILES string of the molecule is O=C(NC1CCN(Cc2ccccc2)CC1)c1ccc(Cl)c(S(=O)(=O)Nc2ccc(Cl)cc2)c1.[Cl-]. The molecule has 3 aromatic carbocycles. The fraction of sp³-hybridized carbons (Fsp3) is 0.240. The maximum Gasteiger partial charge on any atom is 0.263 e. The van der Waals surface area contributed by atoms with E-state index in [1.165, 1.54) is 23.8 Å². The number of sulfonamides is 1. The predicted molar refractivity (Wildman–Crippen MR) is 136 cm³/mol. The number of rotatable bonds is 7. The van der Waals surface area contributed by atoms with Crippen molar-refractivity contribution in [3.8, 4) is 0 Å². The van der Waals surface area contributed by atoms with Crippen LogP contribution in [0.4, 0.5) is 5.69 Å². The Morgan fingerprint density at radius 3 is 2.26 bits per heavy atom. The van der Waals surface area contributed by atoms with E-state index in [0.717, 1.165) is 32.5 Å². The molecule has 0 bridgehead atoms. The molecular weight excluding hydrogens is 529 g/mol. The molecule has 0 spiro atoms. The molecule has 0 saturated carbocycles. The molecule has 0 atom stereocenters. The second-order valence-corrected chi connectivity index (χ2v) is 10.8. The van der Waals surface area contributed by atoms with Gasteiger partial charge in [0.25, 0.3) is 15.9 Å². The van der Waals surface area contributed by atoms with Gasteiger partial charge in [-0.05, 0) is 60.9 Å². The molecule has 1 aliphatic rings. The molecule has 1 aliphatic heterocycles. The lowest BCUT2D eigenvalue weighted by Crippen LogP contribution is -3.00. The lowest BCUT2D eigenvalue weighted by Gasteiger charge is -2.32. The van der Waals surface area contributed by atoms with Gasteiger partial charge in [0.15, 0.2) is 0 Å². The molecule has 10 heteroatoms. The quantitative estimate of drug-likeness (QED) is 0.470. The van der Waals surface area contributed by atoms with E-state index in [2.05, 4.69) is 27.1 Å². The number of nitrogens with one attached hydrogen (secondary N) is 2. The largest absolute Gasteiger partial charge is 1.00 e. The van der Waals surface area contributed by atoms with Crippen LogP contribution in [-0.4, -0.2) is 38.4 Å². The number of amides is 1. The molecule has 1 heterocycles. The van der Waals surface area contributed by atoms with Crippen molar-refractivity contribution in [3.63, 3.8) is 0 Å². The summed E-state index contributed by atoms with van der Waals surface area (Å²) >= 11 is 12.0. The summed E-state index contributed by atoms with van der Waals surface area (Å²) in [5.74, 6) is -0.318. The number of hydrogen-bond donors (Lipinski definition) is 2. The highest BCUT2D eigenvalue weighted by Crippen LogP contribution is 2.26. The molecule has 1 fully saturated rings. The van der Waals surface area contributed by atoms with Crippen LogP contribution in [0.5, 0.6) is 0 Å². The van der Waals surface area contributed by atoms with E-state index in [1.54, 1.807) is 24.3 Å². The molecule has 35 heavy (non-hydrogen) atoms. The first kappa shape index (κ1) is 27.3. The zero-order chi connectivity index (χ0) is 24.1. The Kier molecular flexibility index (Phi) is 9.44. The highest BCUT2D eigenvalue weighted by Gasteiger charge is 2.24. The van der Waals surface area contributed by atoms with E-state index in [1.807, 2.05) is 18.2 Å². The Morgan fingerprint density at radius 1 is 0.943 bits per heavy atom. The molecule has 2 N–H and O–H groups in total. The predicted octanol–water partition coefficient (Wildman–Crippen LogP) is 2.19. The first-order valence-corrected chi connectivity index (χ1v) is 13.2. The normalized spacial score (nSPS) is 14.7. The van der Waals surface area contributed by atoms with E-state index in [9.17, 15) is 13.2 Å². The van der Waals surface area contributed by atoms with E-state index in [0.29, 0.717) is 10.7 Å².